The molecular weight excluding hydrogens is 330 g/mol. The van der Waals surface area contributed by atoms with Crippen molar-refractivity contribution in [1.82, 2.24) is 10.1 Å². The van der Waals surface area contributed by atoms with Crippen molar-refractivity contribution in [3.05, 3.63) is 52.0 Å². The van der Waals surface area contributed by atoms with E-state index < -0.39 is 0 Å². The van der Waals surface area contributed by atoms with Crippen molar-refractivity contribution in [1.29, 1.82) is 0 Å². The molecule has 0 fully saturated rings. The summed E-state index contributed by atoms with van der Waals surface area (Å²) in [7, 11) is 0. The minimum atomic E-state index is 0.0772. The summed E-state index contributed by atoms with van der Waals surface area (Å²) < 4.78 is 6.31. The molecule has 108 valence electrons. The number of pyridine rings is 1. The first-order chi connectivity index (χ1) is 10.1. The second-order valence-electron chi connectivity index (χ2n) is 5.10. The van der Waals surface area contributed by atoms with Crippen LogP contribution in [0.3, 0.4) is 0 Å². The van der Waals surface area contributed by atoms with Crippen LogP contribution in [-0.2, 0) is 0 Å². The number of hydrogen-bond donors (Lipinski definition) is 1. The lowest BCUT2D eigenvalue weighted by Gasteiger charge is -2.16. The maximum Gasteiger partial charge on any atom is 0.139 e. The third-order valence-corrected chi connectivity index (χ3v) is 4.32. The Hall–Kier alpha value is -1.88. The lowest BCUT2D eigenvalue weighted by molar-refractivity contribution is 0.392. The summed E-state index contributed by atoms with van der Waals surface area (Å²) in [5.41, 5.74) is 2.00. The van der Waals surface area contributed by atoms with Gasteiger partial charge in [0.05, 0.1) is 11.7 Å². The quantitative estimate of drug-likeness (QED) is 0.742. The fourth-order valence-corrected chi connectivity index (χ4v) is 3.17. The third kappa shape index (κ3) is 2.53. The molecule has 0 aliphatic rings. The summed E-state index contributed by atoms with van der Waals surface area (Å²) >= 11 is 3.58. The van der Waals surface area contributed by atoms with Gasteiger partial charge in [-0.3, -0.25) is 0 Å². The van der Waals surface area contributed by atoms with Crippen LogP contribution in [0.4, 0.5) is 5.82 Å². The Kier molecular flexibility index (Phi) is 3.68. The number of anilines is 1. The van der Waals surface area contributed by atoms with Crippen molar-refractivity contribution in [2.75, 3.05) is 5.32 Å². The predicted octanol–water partition coefficient (Wildman–Crippen LogP) is 4.78. The Balaban J connectivity index is 2.01. The summed E-state index contributed by atoms with van der Waals surface area (Å²) in [6, 6.07) is 8.19. The van der Waals surface area contributed by atoms with Crippen LogP contribution in [0, 0.1) is 13.8 Å². The molecule has 0 saturated carbocycles. The SMILES string of the molecule is Cc1noc(C)c1C(C)Nc1nccc2c(Br)cccc12. The lowest BCUT2D eigenvalue weighted by atomic mass is 10.1. The van der Waals surface area contributed by atoms with E-state index in [4.69, 9.17) is 4.52 Å². The summed E-state index contributed by atoms with van der Waals surface area (Å²) in [6.45, 7) is 5.97. The van der Waals surface area contributed by atoms with Gasteiger partial charge in [-0.2, -0.15) is 0 Å². The molecule has 0 spiro atoms. The molecule has 2 heterocycles. The number of hydrogen-bond acceptors (Lipinski definition) is 4. The highest BCUT2D eigenvalue weighted by molar-refractivity contribution is 9.10. The van der Waals surface area contributed by atoms with E-state index in [9.17, 15) is 0 Å². The van der Waals surface area contributed by atoms with Gasteiger partial charge < -0.3 is 9.84 Å². The second-order valence-corrected chi connectivity index (χ2v) is 5.95. The summed E-state index contributed by atoms with van der Waals surface area (Å²) in [6.07, 6.45) is 1.81. The highest BCUT2D eigenvalue weighted by Gasteiger charge is 2.17. The molecule has 0 saturated heterocycles. The van der Waals surface area contributed by atoms with E-state index in [2.05, 4.69) is 44.4 Å². The van der Waals surface area contributed by atoms with Crippen molar-refractivity contribution in [3.8, 4) is 0 Å². The second kappa shape index (κ2) is 5.48. The fraction of sp³-hybridized carbons (Fsp3) is 0.250. The molecule has 5 heteroatoms. The van der Waals surface area contributed by atoms with Crippen LogP contribution in [0.5, 0.6) is 0 Å². The van der Waals surface area contributed by atoms with Gasteiger partial charge >= 0.3 is 0 Å². The molecule has 1 aromatic carbocycles. The van der Waals surface area contributed by atoms with Crippen LogP contribution in [0.15, 0.2) is 39.5 Å². The average Bonchev–Trinajstić information content (AvgIpc) is 2.79. The highest BCUT2D eigenvalue weighted by atomic mass is 79.9. The van der Waals surface area contributed by atoms with Crippen LogP contribution >= 0.6 is 15.9 Å². The monoisotopic (exact) mass is 345 g/mol. The van der Waals surface area contributed by atoms with E-state index >= 15 is 0 Å². The van der Waals surface area contributed by atoms with E-state index in [0.29, 0.717) is 0 Å². The first-order valence-corrected chi connectivity index (χ1v) is 7.59. The van der Waals surface area contributed by atoms with Crippen LogP contribution in [0.1, 0.15) is 30.0 Å². The Morgan fingerprint density at radius 3 is 2.71 bits per heavy atom. The van der Waals surface area contributed by atoms with Gasteiger partial charge in [-0.25, -0.2) is 4.98 Å². The molecule has 21 heavy (non-hydrogen) atoms. The number of aryl methyl sites for hydroxylation is 2. The summed E-state index contributed by atoms with van der Waals surface area (Å²) in [5, 5.41) is 9.70. The van der Waals surface area contributed by atoms with Crippen LogP contribution in [0.25, 0.3) is 10.8 Å². The molecule has 2 aromatic heterocycles. The molecule has 0 amide bonds. The smallest absolute Gasteiger partial charge is 0.139 e. The van der Waals surface area contributed by atoms with Gasteiger partial charge in [0.1, 0.15) is 11.6 Å². The van der Waals surface area contributed by atoms with Crippen molar-refractivity contribution in [2.45, 2.75) is 26.8 Å². The molecule has 3 rings (SSSR count). The first kappa shape index (κ1) is 14.1. The minimum absolute atomic E-state index is 0.0772. The highest BCUT2D eigenvalue weighted by Crippen LogP contribution is 2.30. The first-order valence-electron chi connectivity index (χ1n) is 6.80. The number of nitrogens with zero attached hydrogens (tertiary/aromatic N) is 2. The zero-order valence-electron chi connectivity index (χ0n) is 12.1. The number of rotatable bonds is 3. The van der Waals surface area contributed by atoms with Crippen molar-refractivity contribution >= 4 is 32.5 Å². The molecule has 1 unspecified atom stereocenters. The van der Waals surface area contributed by atoms with Gasteiger partial charge in [0.15, 0.2) is 0 Å². The number of halogens is 1. The van der Waals surface area contributed by atoms with E-state index in [-0.39, 0.29) is 6.04 Å². The molecule has 0 bridgehead atoms. The molecular formula is C16H16BrN3O. The van der Waals surface area contributed by atoms with Crippen LogP contribution in [0.2, 0.25) is 0 Å². The molecule has 1 N–H and O–H groups in total. The van der Waals surface area contributed by atoms with Crippen molar-refractivity contribution in [2.24, 2.45) is 0 Å². The number of fused-ring (bicyclic) bond motifs is 1. The topological polar surface area (TPSA) is 51.0 Å². The maximum atomic E-state index is 5.24. The van der Waals surface area contributed by atoms with Crippen molar-refractivity contribution < 1.29 is 4.52 Å². The van der Waals surface area contributed by atoms with Gasteiger partial charge in [0.2, 0.25) is 0 Å². The summed E-state index contributed by atoms with van der Waals surface area (Å²) in [4.78, 5) is 4.47. The fourth-order valence-electron chi connectivity index (χ4n) is 2.67. The van der Waals surface area contributed by atoms with Gasteiger partial charge in [-0.1, -0.05) is 33.2 Å². The molecule has 0 radical (unpaired) electrons. The molecule has 0 aliphatic carbocycles. The van der Waals surface area contributed by atoms with E-state index in [0.717, 1.165) is 38.1 Å². The zero-order valence-corrected chi connectivity index (χ0v) is 13.7. The van der Waals surface area contributed by atoms with E-state index in [1.807, 2.05) is 38.2 Å². The molecule has 4 nitrogen and oxygen atoms in total. The average molecular weight is 346 g/mol. The van der Waals surface area contributed by atoms with Crippen LogP contribution in [-0.4, -0.2) is 10.1 Å². The Morgan fingerprint density at radius 1 is 1.19 bits per heavy atom. The Morgan fingerprint density at radius 2 is 2.00 bits per heavy atom. The summed E-state index contributed by atoms with van der Waals surface area (Å²) in [5.74, 6) is 1.70. The van der Waals surface area contributed by atoms with Gasteiger partial charge in [0, 0.05) is 27.0 Å². The van der Waals surface area contributed by atoms with Crippen LogP contribution < -0.4 is 5.32 Å². The Bertz CT molecular complexity index is 778. The molecule has 3 aromatic rings. The molecule has 0 aliphatic heterocycles. The Labute approximate surface area is 131 Å². The maximum absolute atomic E-state index is 5.24. The largest absolute Gasteiger partial charge is 0.363 e. The van der Waals surface area contributed by atoms with E-state index in [1.165, 1.54) is 0 Å². The predicted molar refractivity (Wildman–Crippen MR) is 87.5 cm³/mol. The zero-order chi connectivity index (χ0) is 15.0. The normalized spacial score (nSPS) is 12.6. The standard InChI is InChI=1S/C16H16BrN3O/c1-9(15-10(2)20-21-11(15)3)19-16-13-5-4-6-14(17)12(13)7-8-18-16/h4-9H,1-3H3,(H,18,19). The third-order valence-electron chi connectivity index (χ3n) is 3.63. The van der Waals surface area contributed by atoms with Gasteiger partial charge in [0.25, 0.3) is 0 Å². The van der Waals surface area contributed by atoms with E-state index in [1.54, 1.807) is 0 Å². The molecule has 1 atom stereocenters. The number of nitrogens with one attached hydrogen (secondary N) is 1. The number of aromatic nitrogens is 2. The lowest BCUT2D eigenvalue weighted by Crippen LogP contribution is -2.09. The van der Waals surface area contributed by atoms with Crippen molar-refractivity contribution in [3.63, 3.8) is 0 Å². The minimum Gasteiger partial charge on any atom is -0.363 e. The number of benzene rings is 1. The van der Waals surface area contributed by atoms with Gasteiger partial charge in [-0.05, 0) is 32.9 Å². The van der Waals surface area contributed by atoms with Gasteiger partial charge in [-0.15, -0.1) is 0 Å².